The topological polar surface area (TPSA) is 81.5 Å². The molecule has 2 aliphatic heterocycles. The number of nitrogens with one attached hydrogen (secondary N) is 1. The number of carbonyl (C=O) groups is 1. The van der Waals surface area contributed by atoms with E-state index in [-0.39, 0.29) is 5.91 Å². The summed E-state index contributed by atoms with van der Waals surface area (Å²) in [7, 11) is 0. The Kier molecular flexibility index (Phi) is 5.64. The minimum Gasteiger partial charge on any atom is -0.492 e. The fourth-order valence-electron chi connectivity index (χ4n) is 3.89. The minimum absolute atomic E-state index is 0.0822. The first-order valence-electron chi connectivity index (χ1n) is 10.6. The molecule has 0 aliphatic carbocycles. The van der Waals surface area contributed by atoms with Gasteiger partial charge < -0.3 is 14.8 Å². The van der Waals surface area contributed by atoms with Crippen molar-refractivity contribution in [3.05, 3.63) is 54.4 Å². The lowest BCUT2D eigenvalue weighted by atomic mass is 10.1. The molecule has 1 amide bonds. The van der Waals surface area contributed by atoms with Crippen molar-refractivity contribution < 1.29 is 14.3 Å². The van der Waals surface area contributed by atoms with E-state index in [1.807, 2.05) is 42.5 Å². The summed E-state index contributed by atoms with van der Waals surface area (Å²) < 4.78 is 13.1. The summed E-state index contributed by atoms with van der Waals surface area (Å²) in [5, 5.41) is 7.45. The molecule has 1 saturated heterocycles. The molecule has 1 fully saturated rings. The molecule has 0 spiro atoms. The number of morpholine rings is 1. The molecular formula is C23H25N5O3. The Morgan fingerprint density at radius 2 is 1.90 bits per heavy atom. The van der Waals surface area contributed by atoms with E-state index in [0.717, 1.165) is 61.1 Å². The highest BCUT2D eigenvalue weighted by atomic mass is 16.5. The van der Waals surface area contributed by atoms with Crippen LogP contribution in [0.25, 0.3) is 22.5 Å². The van der Waals surface area contributed by atoms with Crippen molar-refractivity contribution in [2.24, 2.45) is 0 Å². The second-order valence-electron chi connectivity index (χ2n) is 7.65. The van der Waals surface area contributed by atoms with Gasteiger partial charge in [-0.3, -0.25) is 19.4 Å². The molecule has 0 saturated carbocycles. The van der Waals surface area contributed by atoms with Crippen LogP contribution in [0.15, 0.2) is 48.7 Å². The fraction of sp³-hybridized carbons (Fsp3) is 0.348. The van der Waals surface area contributed by atoms with Gasteiger partial charge in [0.15, 0.2) is 0 Å². The van der Waals surface area contributed by atoms with Gasteiger partial charge in [0, 0.05) is 43.5 Å². The van der Waals surface area contributed by atoms with E-state index in [1.54, 1.807) is 10.9 Å². The first-order valence-corrected chi connectivity index (χ1v) is 10.6. The largest absolute Gasteiger partial charge is 0.492 e. The molecule has 160 valence electrons. The lowest BCUT2D eigenvalue weighted by Gasteiger charge is -2.26. The SMILES string of the molecule is O=C1NCCn2nc(-c3ccnc(-c4cccc(OCCN5CCOCC5)c4)c3)cc21. The van der Waals surface area contributed by atoms with Crippen LogP contribution in [0.2, 0.25) is 0 Å². The average Bonchev–Trinajstić information content (AvgIpc) is 3.26. The summed E-state index contributed by atoms with van der Waals surface area (Å²) in [4.78, 5) is 18.9. The number of ether oxygens (including phenoxy) is 2. The van der Waals surface area contributed by atoms with Crippen molar-refractivity contribution >= 4 is 5.91 Å². The third-order valence-electron chi connectivity index (χ3n) is 5.59. The van der Waals surface area contributed by atoms with E-state index in [1.165, 1.54) is 0 Å². The van der Waals surface area contributed by atoms with Crippen LogP contribution in [0, 0.1) is 0 Å². The highest BCUT2D eigenvalue weighted by molar-refractivity contribution is 5.94. The maximum Gasteiger partial charge on any atom is 0.269 e. The summed E-state index contributed by atoms with van der Waals surface area (Å²) in [5.74, 6) is 0.744. The van der Waals surface area contributed by atoms with Gasteiger partial charge >= 0.3 is 0 Å². The standard InChI is InChI=1S/C23H25N5O3/c29-23-22-16-21(26-28(22)7-6-25-23)18-4-5-24-20(15-18)17-2-1-3-19(14-17)31-13-10-27-8-11-30-12-9-27/h1-5,14-16H,6-13H2,(H,25,29). The lowest BCUT2D eigenvalue weighted by Crippen LogP contribution is -2.38. The van der Waals surface area contributed by atoms with Gasteiger partial charge in [0.1, 0.15) is 18.1 Å². The molecule has 3 aromatic rings. The maximum absolute atomic E-state index is 12.0. The number of pyridine rings is 1. The molecule has 2 aromatic heterocycles. The number of nitrogens with zero attached hydrogens (tertiary/aromatic N) is 4. The van der Waals surface area contributed by atoms with Crippen molar-refractivity contribution in [2.75, 3.05) is 46.0 Å². The van der Waals surface area contributed by atoms with Gasteiger partial charge in [-0.2, -0.15) is 5.10 Å². The van der Waals surface area contributed by atoms with E-state index in [4.69, 9.17) is 9.47 Å². The summed E-state index contributed by atoms with van der Waals surface area (Å²) in [6.07, 6.45) is 1.77. The van der Waals surface area contributed by atoms with Gasteiger partial charge in [0.25, 0.3) is 5.91 Å². The number of aromatic nitrogens is 3. The molecule has 0 bridgehead atoms. The quantitative estimate of drug-likeness (QED) is 0.659. The number of carbonyl (C=O) groups excluding carboxylic acids is 1. The van der Waals surface area contributed by atoms with Crippen molar-refractivity contribution in [2.45, 2.75) is 6.54 Å². The first-order chi connectivity index (χ1) is 15.3. The Balaban J connectivity index is 1.30. The zero-order valence-corrected chi connectivity index (χ0v) is 17.3. The molecule has 1 aromatic carbocycles. The fourth-order valence-corrected chi connectivity index (χ4v) is 3.89. The Morgan fingerprint density at radius 3 is 2.77 bits per heavy atom. The van der Waals surface area contributed by atoms with Gasteiger partial charge in [-0.05, 0) is 30.3 Å². The Bertz CT molecular complexity index is 1070. The van der Waals surface area contributed by atoms with E-state index < -0.39 is 0 Å². The molecule has 4 heterocycles. The van der Waals surface area contributed by atoms with Gasteiger partial charge in [0.2, 0.25) is 0 Å². The number of benzene rings is 1. The Labute approximate surface area is 180 Å². The third-order valence-corrected chi connectivity index (χ3v) is 5.59. The van der Waals surface area contributed by atoms with Crippen LogP contribution >= 0.6 is 0 Å². The molecule has 5 rings (SSSR count). The highest BCUT2D eigenvalue weighted by Gasteiger charge is 2.20. The van der Waals surface area contributed by atoms with E-state index >= 15 is 0 Å². The van der Waals surface area contributed by atoms with E-state index in [2.05, 4.69) is 20.3 Å². The minimum atomic E-state index is -0.0822. The normalized spacial score (nSPS) is 16.6. The molecule has 8 heteroatoms. The summed E-state index contributed by atoms with van der Waals surface area (Å²) in [5.41, 5.74) is 4.11. The zero-order valence-electron chi connectivity index (χ0n) is 17.3. The van der Waals surface area contributed by atoms with Crippen molar-refractivity contribution in [3.8, 4) is 28.3 Å². The summed E-state index contributed by atoms with van der Waals surface area (Å²) in [6, 6.07) is 13.7. The number of hydrogen-bond donors (Lipinski definition) is 1. The van der Waals surface area contributed by atoms with Crippen LogP contribution in [0.5, 0.6) is 5.75 Å². The molecule has 2 aliphatic rings. The van der Waals surface area contributed by atoms with E-state index in [9.17, 15) is 4.79 Å². The summed E-state index contributed by atoms with van der Waals surface area (Å²) in [6.45, 7) is 6.32. The monoisotopic (exact) mass is 419 g/mol. The van der Waals surface area contributed by atoms with Crippen LogP contribution in [0.3, 0.4) is 0 Å². The lowest BCUT2D eigenvalue weighted by molar-refractivity contribution is 0.0322. The smallest absolute Gasteiger partial charge is 0.269 e. The van der Waals surface area contributed by atoms with Crippen molar-refractivity contribution in [3.63, 3.8) is 0 Å². The van der Waals surface area contributed by atoms with Gasteiger partial charge in [-0.15, -0.1) is 0 Å². The molecule has 31 heavy (non-hydrogen) atoms. The van der Waals surface area contributed by atoms with Crippen LogP contribution < -0.4 is 10.1 Å². The number of fused-ring (bicyclic) bond motifs is 1. The molecular weight excluding hydrogens is 394 g/mol. The predicted molar refractivity (Wildman–Crippen MR) is 116 cm³/mol. The van der Waals surface area contributed by atoms with E-state index in [0.29, 0.717) is 25.4 Å². The second kappa shape index (κ2) is 8.87. The Morgan fingerprint density at radius 1 is 1.03 bits per heavy atom. The average molecular weight is 419 g/mol. The second-order valence-corrected chi connectivity index (χ2v) is 7.65. The zero-order chi connectivity index (χ0) is 21.0. The van der Waals surface area contributed by atoms with Gasteiger partial charge in [-0.1, -0.05) is 12.1 Å². The molecule has 0 unspecified atom stereocenters. The number of rotatable bonds is 6. The predicted octanol–water partition coefficient (Wildman–Crippen LogP) is 2.07. The van der Waals surface area contributed by atoms with Crippen molar-refractivity contribution in [1.29, 1.82) is 0 Å². The summed E-state index contributed by atoms with van der Waals surface area (Å²) >= 11 is 0. The maximum atomic E-state index is 12.0. The molecule has 1 N–H and O–H groups in total. The third kappa shape index (κ3) is 4.45. The molecule has 8 nitrogen and oxygen atoms in total. The Hall–Kier alpha value is -3.23. The molecule has 0 atom stereocenters. The van der Waals surface area contributed by atoms with Crippen molar-refractivity contribution in [1.82, 2.24) is 25.0 Å². The van der Waals surface area contributed by atoms with Crippen LogP contribution in [-0.4, -0.2) is 71.6 Å². The van der Waals surface area contributed by atoms with Crippen LogP contribution in [0.1, 0.15) is 10.5 Å². The van der Waals surface area contributed by atoms with Crippen LogP contribution in [-0.2, 0) is 11.3 Å². The van der Waals surface area contributed by atoms with Gasteiger partial charge in [-0.25, -0.2) is 0 Å². The van der Waals surface area contributed by atoms with Crippen LogP contribution in [0.4, 0.5) is 0 Å². The molecule has 0 radical (unpaired) electrons. The number of amides is 1. The first kappa shape index (κ1) is 19.7. The van der Waals surface area contributed by atoms with Gasteiger partial charge in [0.05, 0.1) is 31.1 Å². The number of hydrogen-bond acceptors (Lipinski definition) is 6. The highest BCUT2D eigenvalue weighted by Crippen LogP contribution is 2.27.